The molecule has 0 aliphatic heterocycles. The minimum Gasteiger partial charge on any atom is -0.293 e. The predicted octanol–water partition coefficient (Wildman–Crippen LogP) is 2.95. The smallest absolute Gasteiger partial charge is 0.173 e. The minimum absolute atomic E-state index is 0.158. The summed E-state index contributed by atoms with van der Waals surface area (Å²) in [5.41, 5.74) is 1.68. The van der Waals surface area contributed by atoms with Crippen LogP contribution in [0.15, 0.2) is 30.8 Å². The molecule has 2 heteroatoms. The fraction of sp³-hybridized carbons (Fsp3) is 0.100. The van der Waals surface area contributed by atoms with E-state index in [4.69, 9.17) is 0 Å². The fourth-order valence-electron chi connectivity index (χ4n) is 1.00. The lowest BCUT2D eigenvalue weighted by molar-refractivity contribution is 0.102. The summed E-state index contributed by atoms with van der Waals surface area (Å²) in [5.74, 6) is 0.158. The molecular weight excluding hydrogens is 263 g/mol. The Morgan fingerprint density at radius 3 is 2.75 bits per heavy atom. The van der Waals surface area contributed by atoms with E-state index in [0.717, 1.165) is 11.1 Å². The van der Waals surface area contributed by atoms with Crippen molar-refractivity contribution in [2.24, 2.45) is 0 Å². The van der Waals surface area contributed by atoms with Gasteiger partial charge in [0.1, 0.15) is 0 Å². The quantitative estimate of drug-likeness (QED) is 0.469. The molecule has 1 aromatic carbocycles. The molecule has 0 N–H and O–H groups in total. The van der Waals surface area contributed by atoms with Gasteiger partial charge in [0.2, 0.25) is 0 Å². The summed E-state index contributed by atoms with van der Waals surface area (Å²) in [5, 5.41) is 0. The average molecular weight is 272 g/mol. The number of halogens is 1. The number of hydrogen-bond acceptors (Lipinski definition) is 1. The van der Waals surface area contributed by atoms with Crippen LogP contribution in [-0.4, -0.2) is 10.2 Å². The van der Waals surface area contributed by atoms with E-state index in [0.29, 0.717) is 4.43 Å². The first-order chi connectivity index (χ1) is 5.79. The molecule has 0 amide bonds. The third-order valence-electron chi connectivity index (χ3n) is 1.60. The topological polar surface area (TPSA) is 17.1 Å². The van der Waals surface area contributed by atoms with Crippen LogP contribution in [0.5, 0.6) is 0 Å². The third-order valence-corrected chi connectivity index (χ3v) is 2.30. The zero-order valence-corrected chi connectivity index (χ0v) is 8.74. The second kappa shape index (κ2) is 4.40. The summed E-state index contributed by atoms with van der Waals surface area (Å²) in [7, 11) is 0. The van der Waals surface area contributed by atoms with E-state index in [2.05, 4.69) is 29.2 Å². The van der Waals surface area contributed by atoms with E-state index >= 15 is 0 Å². The first-order valence-corrected chi connectivity index (χ1v) is 5.12. The van der Waals surface area contributed by atoms with Crippen molar-refractivity contribution in [1.82, 2.24) is 0 Å². The number of carbonyl (C=O) groups excluding carboxylic acids is 1. The second-order valence-corrected chi connectivity index (χ2v) is 3.11. The Hall–Kier alpha value is -0.640. The molecule has 0 fully saturated rings. The third kappa shape index (κ3) is 1.94. The number of hydrogen-bond donors (Lipinski definition) is 0. The van der Waals surface area contributed by atoms with Crippen LogP contribution in [0.2, 0.25) is 0 Å². The average Bonchev–Trinajstić information content (AvgIpc) is 2.16. The summed E-state index contributed by atoms with van der Waals surface area (Å²) in [6, 6.07) is 7.50. The Balaban J connectivity index is 3.13. The van der Waals surface area contributed by atoms with Crippen molar-refractivity contribution in [3.8, 4) is 0 Å². The Morgan fingerprint density at radius 2 is 2.17 bits per heavy atom. The van der Waals surface area contributed by atoms with Crippen LogP contribution in [0.4, 0.5) is 0 Å². The molecule has 0 spiro atoms. The predicted molar refractivity (Wildman–Crippen MR) is 59.8 cm³/mol. The van der Waals surface area contributed by atoms with Crippen LogP contribution >= 0.6 is 22.6 Å². The van der Waals surface area contributed by atoms with Gasteiger partial charge in [0.05, 0.1) is 4.43 Å². The van der Waals surface area contributed by atoms with Gasteiger partial charge in [-0.25, -0.2) is 0 Å². The zero-order chi connectivity index (χ0) is 8.97. The van der Waals surface area contributed by atoms with Crippen molar-refractivity contribution in [2.45, 2.75) is 0 Å². The molecule has 0 saturated heterocycles. The number of ketones is 1. The molecule has 1 rings (SSSR count). The highest BCUT2D eigenvalue weighted by Crippen LogP contribution is 2.11. The molecule has 0 aromatic heterocycles. The van der Waals surface area contributed by atoms with Crippen LogP contribution < -0.4 is 0 Å². The largest absolute Gasteiger partial charge is 0.293 e. The first kappa shape index (κ1) is 9.45. The summed E-state index contributed by atoms with van der Waals surface area (Å²) >= 11 is 2.07. The van der Waals surface area contributed by atoms with E-state index < -0.39 is 0 Å². The van der Waals surface area contributed by atoms with Crippen molar-refractivity contribution >= 4 is 34.5 Å². The lowest BCUT2D eigenvalue weighted by Gasteiger charge is -2.00. The van der Waals surface area contributed by atoms with Gasteiger partial charge in [-0.2, -0.15) is 0 Å². The summed E-state index contributed by atoms with van der Waals surface area (Å²) in [6.07, 6.45) is 1.71. The summed E-state index contributed by atoms with van der Waals surface area (Å²) in [4.78, 5) is 11.3. The van der Waals surface area contributed by atoms with Gasteiger partial charge in [0.25, 0.3) is 0 Å². The Kier molecular flexibility index (Phi) is 3.47. The van der Waals surface area contributed by atoms with Gasteiger partial charge in [-0.1, -0.05) is 59.5 Å². The number of benzene rings is 1. The van der Waals surface area contributed by atoms with Crippen LogP contribution in [-0.2, 0) is 0 Å². The van der Waals surface area contributed by atoms with Crippen molar-refractivity contribution in [3.05, 3.63) is 42.0 Å². The van der Waals surface area contributed by atoms with Gasteiger partial charge in [0, 0.05) is 5.56 Å². The molecule has 0 aliphatic carbocycles. The normalized spacial score (nSPS) is 9.42. The van der Waals surface area contributed by atoms with Gasteiger partial charge in [-0.3, -0.25) is 4.79 Å². The van der Waals surface area contributed by atoms with E-state index in [9.17, 15) is 4.79 Å². The lowest BCUT2D eigenvalue weighted by Crippen LogP contribution is -2.01. The molecule has 1 nitrogen and oxygen atoms in total. The highest BCUT2D eigenvalue weighted by Gasteiger charge is 2.05. The van der Waals surface area contributed by atoms with E-state index in [1.165, 1.54) is 0 Å². The highest BCUT2D eigenvalue weighted by molar-refractivity contribution is 14.1. The minimum atomic E-state index is 0.158. The van der Waals surface area contributed by atoms with Crippen LogP contribution in [0.3, 0.4) is 0 Å². The van der Waals surface area contributed by atoms with Gasteiger partial charge in [0.15, 0.2) is 5.78 Å². The Morgan fingerprint density at radius 1 is 1.50 bits per heavy atom. The summed E-state index contributed by atoms with van der Waals surface area (Å²) < 4.78 is 0.516. The number of Topliss-reactive ketones (excluding diaryl/α,β-unsaturated/α-hetero) is 1. The SMILES string of the molecule is C=Cc1ccccc1C(=O)CI. The van der Waals surface area contributed by atoms with E-state index in [-0.39, 0.29) is 5.78 Å². The molecule has 0 bridgehead atoms. The monoisotopic (exact) mass is 272 g/mol. The van der Waals surface area contributed by atoms with Crippen molar-refractivity contribution in [2.75, 3.05) is 4.43 Å². The van der Waals surface area contributed by atoms with Gasteiger partial charge < -0.3 is 0 Å². The standard InChI is InChI=1S/C10H9IO/c1-2-8-5-3-4-6-9(8)10(12)7-11/h2-6H,1,7H2. The first-order valence-electron chi connectivity index (χ1n) is 3.60. The number of alkyl halides is 1. The molecule has 0 saturated carbocycles. The second-order valence-electron chi connectivity index (χ2n) is 2.35. The molecular formula is C10H9IO. The molecule has 62 valence electrons. The van der Waals surface area contributed by atoms with E-state index in [1.807, 2.05) is 24.3 Å². The van der Waals surface area contributed by atoms with Gasteiger partial charge in [-0.05, 0) is 5.56 Å². The molecule has 0 unspecified atom stereocenters. The number of carbonyl (C=O) groups is 1. The maximum absolute atomic E-state index is 11.3. The summed E-state index contributed by atoms with van der Waals surface area (Å²) in [6.45, 7) is 3.65. The Labute approximate surface area is 85.6 Å². The van der Waals surface area contributed by atoms with Crippen molar-refractivity contribution in [1.29, 1.82) is 0 Å². The Bertz CT molecular complexity index is 304. The number of rotatable bonds is 3. The lowest BCUT2D eigenvalue weighted by atomic mass is 10.1. The maximum Gasteiger partial charge on any atom is 0.173 e. The molecule has 0 radical (unpaired) electrons. The molecule has 1 aromatic rings. The molecule has 0 atom stereocenters. The van der Waals surface area contributed by atoms with Gasteiger partial charge >= 0.3 is 0 Å². The zero-order valence-electron chi connectivity index (χ0n) is 6.59. The van der Waals surface area contributed by atoms with Crippen LogP contribution in [0.25, 0.3) is 6.08 Å². The van der Waals surface area contributed by atoms with Gasteiger partial charge in [-0.15, -0.1) is 0 Å². The fourth-order valence-corrected chi connectivity index (χ4v) is 1.41. The molecule has 0 heterocycles. The molecule has 0 aliphatic rings. The van der Waals surface area contributed by atoms with Crippen molar-refractivity contribution in [3.63, 3.8) is 0 Å². The van der Waals surface area contributed by atoms with E-state index in [1.54, 1.807) is 6.08 Å². The maximum atomic E-state index is 11.3. The van der Waals surface area contributed by atoms with Crippen LogP contribution in [0, 0.1) is 0 Å². The van der Waals surface area contributed by atoms with Crippen molar-refractivity contribution < 1.29 is 4.79 Å². The highest BCUT2D eigenvalue weighted by atomic mass is 127. The molecule has 12 heavy (non-hydrogen) atoms. The van der Waals surface area contributed by atoms with Crippen LogP contribution in [0.1, 0.15) is 15.9 Å².